The van der Waals surface area contributed by atoms with Gasteiger partial charge >= 0.3 is 12.1 Å². The number of carboxylic acids is 1. The molecule has 0 saturated carbocycles. The van der Waals surface area contributed by atoms with Gasteiger partial charge in [0.25, 0.3) is 0 Å². The van der Waals surface area contributed by atoms with E-state index in [1.54, 1.807) is 10.6 Å². The number of nitrogens with zero attached hydrogens (tertiary/aromatic N) is 4. The molecule has 1 saturated heterocycles. The van der Waals surface area contributed by atoms with E-state index in [1.165, 1.54) is 30.3 Å². The highest BCUT2D eigenvalue weighted by Crippen LogP contribution is 2.31. The summed E-state index contributed by atoms with van der Waals surface area (Å²) in [5, 5.41) is 10.4. The first-order valence-electron chi connectivity index (χ1n) is 13.0. The second kappa shape index (κ2) is 11.3. The smallest absolute Gasteiger partial charge is 0.434 e. The lowest BCUT2D eigenvalue weighted by Gasteiger charge is -2.27. The Morgan fingerprint density at radius 2 is 1.91 bits per heavy atom. The number of aromatic carboxylic acids is 1. The molecule has 1 atom stereocenters. The van der Waals surface area contributed by atoms with E-state index in [0.717, 1.165) is 35.3 Å². The number of fused-ring (bicyclic) bond motifs is 1. The Morgan fingerprint density at radius 1 is 1.09 bits per heavy atom. The maximum absolute atomic E-state index is 15.4. The van der Waals surface area contributed by atoms with E-state index >= 15 is 8.78 Å². The van der Waals surface area contributed by atoms with Gasteiger partial charge in [-0.3, -0.25) is 0 Å². The van der Waals surface area contributed by atoms with E-state index in [9.17, 15) is 23.1 Å². The molecule has 0 spiro atoms. The van der Waals surface area contributed by atoms with Crippen molar-refractivity contribution in [2.75, 3.05) is 6.61 Å². The third-order valence-corrected chi connectivity index (χ3v) is 7.75. The van der Waals surface area contributed by atoms with Crippen LogP contribution in [0.5, 0.6) is 5.88 Å². The highest BCUT2D eigenvalue weighted by molar-refractivity contribution is 7.09. The molecule has 8 nitrogen and oxygen atoms in total. The first-order valence-corrected chi connectivity index (χ1v) is 13.9. The minimum atomic E-state index is -4.57. The molecular weight excluding hydrogens is 595 g/mol. The summed E-state index contributed by atoms with van der Waals surface area (Å²) in [6, 6.07) is 11.0. The second-order valence-electron chi connectivity index (χ2n) is 9.80. The molecule has 0 radical (unpaired) electrons. The maximum Gasteiger partial charge on any atom is 0.434 e. The molecular formula is C29H21F5N4O4S. The van der Waals surface area contributed by atoms with Gasteiger partial charge in [-0.2, -0.15) is 13.2 Å². The first kappa shape index (κ1) is 28.7. The lowest BCUT2D eigenvalue weighted by molar-refractivity contribution is -0.140. The molecule has 1 fully saturated rings. The summed E-state index contributed by atoms with van der Waals surface area (Å²) in [5.74, 6) is -2.14. The van der Waals surface area contributed by atoms with Crippen molar-refractivity contribution in [1.29, 1.82) is 0 Å². The molecule has 14 heteroatoms. The molecule has 1 N–H and O–H groups in total. The fraction of sp³-hybridized carbons (Fsp3) is 0.241. The third kappa shape index (κ3) is 6.06. The van der Waals surface area contributed by atoms with Gasteiger partial charge in [-0.1, -0.05) is 6.07 Å². The minimum Gasteiger partial charge on any atom is -0.478 e. The zero-order valence-corrected chi connectivity index (χ0v) is 22.9. The van der Waals surface area contributed by atoms with Crippen molar-refractivity contribution in [3.8, 4) is 17.1 Å². The number of aromatic nitrogens is 4. The zero-order chi connectivity index (χ0) is 30.3. The van der Waals surface area contributed by atoms with Crippen molar-refractivity contribution in [2.24, 2.45) is 0 Å². The number of thiazole rings is 1. The summed E-state index contributed by atoms with van der Waals surface area (Å²) in [6.45, 7) is 0.707. The molecule has 0 aliphatic carbocycles. The van der Waals surface area contributed by atoms with Gasteiger partial charge in [0.15, 0.2) is 5.69 Å². The third-order valence-electron chi connectivity index (χ3n) is 6.92. The van der Waals surface area contributed by atoms with E-state index in [4.69, 9.17) is 9.47 Å². The van der Waals surface area contributed by atoms with E-state index in [0.29, 0.717) is 30.0 Å². The van der Waals surface area contributed by atoms with Gasteiger partial charge in [0, 0.05) is 30.0 Å². The molecule has 222 valence electrons. The van der Waals surface area contributed by atoms with Crippen LogP contribution >= 0.6 is 11.3 Å². The number of alkyl halides is 3. The van der Waals surface area contributed by atoms with E-state index < -0.39 is 29.5 Å². The number of halogens is 5. The van der Waals surface area contributed by atoms with Crippen LogP contribution in [0.3, 0.4) is 0 Å². The van der Waals surface area contributed by atoms with Crippen molar-refractivity contribution in [2.45, 2.75) is 38.3 Å². The normalized spacial score (nSPS) is 15.0. The van der Waals surface area contributed by atoms with Crippen LogP contribution in [-0.4, -0.2) is 43.3 Å². The molecule has 3 aromatic heterocycles. The highest BCUT2D eigenvalue weighted by Gasteiger charge is 2.33. The average molecular weight is 617 g/mol. The lowest BCUT2D eigenvalue weighted by atomic mass is 10.0. The van der Waals surface area contributed by atoms with Crippen molar-refractivity contribution in [3.63, 3.8) is 0 Å². The molecule has 1 aliphatic rings. The van der Waals surface area contributed by atoms with Gasteiger partial charge in [-0.05, 0) is 48.4 Å². The average Bonchev–Trinajstić information content (AvgIpc) is 3.56. The lowest BCUT2D eigenvalue weighted by Crippen LogP contribution is -2.31. The minimum absolute atomic E-state index is 0.00203. The molecule has 0 bridgehead atoms. The van der Waals surface area contributed by atoms with Crippen LogP contribution in [0.1, 0.15) is 38.9 Å². The van der Waals surface area contributed by atoms with E-state index in [-0.39, 0.29) is 52.4 Å². The number of imidazole rings is 1. The van der Waals surface area contributed by atoms with Gasteiger partial charge in [0.2, 0.25) is 5.88 Å². The molecule has 43 heavy (non-hydrogen) atoms. The van der Waals surface area contributed by atoms with Crippen LogP contribution in [0, 0.1) is 11.6 Å². The molecule has 1 aliphatic heterocycles. The van der Waals surface area contributed by atoms with Crippen molar-refractivity contribution in [3.05, 3.63) is 93.2 Å². The number of benzene rings is 2. The van der Waals surface area contributed by atoms with Gasteiger partial charge < -0.3 is 19.1 Å². The van der Waals surface area contributed by atoms with Crippen molar-refractivity contribution < 1.29 is 41.3 Å². The van der Waals surface area contributed by atoms with Crippen LogP contribution in [0.25, 0.3) is 22.3 Å². The topological polar surface area (TPSA) is 99.4 Å². The van der Waals surface area contributed by atoms with Gasteiger partial charge in [0.1, 0.15) is 29.1 Å². The number of carbonyl (C=O) groups is 1. The summed E-state index contributed by atoms with van der Waals surface area (Å²) in [5.41, 5.74) is 0.0815. The van der Waals surface area contributed by atoms with E-state index in [2.05, 4.69) is 15.0 Å². The van der Waals surface area contributed by atoms with Crippen LogP contribution in [-0.2, 0) is 30.5 Å². The number of ether oxygens (including phenoxy) is 2. The van der Waals surface area contributed by atoms with Crippen LogP contribution in [0.4, 0.5) is 22.0 Å². The summed E-state index contributed by atoms with van der Waals surface area (Å²) < 4.78 is 81.9. The number of carboxylic acid groups (broad SMARTS) is 1. The van der Waals surface area contributed by atoms with Crippen molar-refractivity contribution >= 4 is 28.3 Å². The highest BCUT2D eigenvalue weighted by atomic mass is 32.1. The molecule has 0 amide bonds. The van der Waals surface area contributed by atoms with Gasteiger partial charge in [0.05, 0.1) is 34.9 Å². The Labute approximate surface area is 244 Å². The molecule has 0 unspecified atom stereocenters. The van der Waals surface area contributed by atoms with Crippen LogP contribution < -0.4 is 4.74 Å². The van der Waals surface area contributed by atoms with E-state index in [1.807, 2.05) is 0 Å². The van der Waals surface area contributed by atoms with Crippen molar-refractivity contribution in [1.82, 2.24) is 19.5 Å². The molecule has 2 aromatic carbocycles. The van der Waals surface area contributed by atoms with Gasteiger partial charge in [-0.15, -0.1) is 11.3 Å². The zero-order valence-electron chi connectivity index (χ0n) is 22.1. The number of pyridine rings is 1. The summed E-state index contributed by atoms with van der Waals surface area (Å²) >= 11 is 0.781. The van der Waals surface area contributed by atoms with Gasteiger partial charge in [-0.25, -0.2) is 28.5 Å². The predicted molar refractivity (Wildman–Crippen MR) is 145 cm³/mol. The van der Waals surface area contributed by atoms with Crippen LogP contribution in [0.2, 0.25) is 0 Å². The standard InChI is InChI=1S/C29H21F5N4O4S/c30-19-11-18(21-2-1-3-26(36-21)42-13-27-37-24(14-43-27)29(32,33)34)20(31)8-16(19)10-25-35-22-5-4-15(28(39)40)9-23(22)38(25)12-17-6-7-41-17/h1-5,8-9,11,14,17H,6-7,10,12-13H2,(H,39,40)/t17-/m0/s1. The summed E-state index contributed by atoms with van der Waals surface area (Å²) in [7, 11) is 0. The molecule has 5 aromatic rings. The monoisotopic (exact) mass is 616 g/mol. The largest absolute Gasteiger partial charge is 0.478 e. The number of rotatable bonds is 9. The Morgan fingerprint density at radius 3 is 2.60 bits per heavy atom. The summed E-state index contributed by atoms with van der Waals surface area (Å²) in [6.07, 6.45) is -3.93. The Bertz CT molecular complexity index is 1830. The predicted octanol–water partition coefficient (Wildman–Crippen LogP) is 6.51. The SMILES string of the molecule is O=C(O)c1ccc2nc(Cc3cc(F)c(-c4cccc(OCc5nc(C(F)(F)F)cs5)n4)cc3F)n(C[C@@H]3CCO3)c2c1. The second-order valence-corrected chi connectivity index (χ2v) is 10.7. The number of hydrogen-bond acceptors (Lipinski definition) is 7. The Balaban J connectivity index is 1.25. The number of hydrogen-bond donors (Lipinski definition) is 1. The summed E-state index contributed by atoms with van der Waals surface area (Å²) in [4.78, 5) is 23.8. The fourth-order valence-electron chi connectivity index (χ4n) is 4.65. The fourth-order valence-corrected chi connectivity index (χ4v) is 5.37. The Hall–Kier alpha value is -4.43. The Kier molecular flexibility index (Phi) is 7.56. The van der Waals surface area contributed by atoms with Crippen LogP contribution in [0.15, 0.2) is 53.9 Å². The quantitative estimate of drug-likeness (QED) is 0.189. The molecule has 4 heterocycles. The first-order chi connectivity index (χ1) is 20.5. The molecule has 6 rings (SSSR count). The maximum atomic E-state index is 15.4.